The van der Waals surface area contributed by atoms with Crippen LogP contribution >= 0.6 is 11.6 Å². The molecule has 0 bridgehead atoms. The molecule has 92 valence electrons. The molecule has 0 aromatic heterocycles. The van der Waals surface area contributed by atoms with Gasteiger partial charge in [-0.3, -0.25) is 4.79 Å². The Bertz CT molecular complexity index is 262. The Hall–Kier alpha value is -0.280. The fourth-order valence-electron chi connectivity index (χ4n) is 3.22. The minimum Gasteiger partial charge on any atom is -0.481 e. The second-order valence-electron chi connectivity index (χ2n) is 5.33. The van der Waals surface area contributed by atoms with Gasteiger partial charge in [-0.2, -0.15) is 0 Å². The number of aliphatic carboxylic acids is 1. The summed E-state index contributed by atoms with van der Waals surface area (Å²) < 4.78 is 0. The first-order valence-electron chi connectivity index (χ1n) is 6.16. The van der Waals surface area contributed by atoms with Crippen molar-refractivity contribution < 1.29 is 9.90 Å². The Morgan fingerprint density at radius 1 is 1.38 bits per heavy atom. The lowest BCUT2D eigenvalue weighted by Gasteiger charge is -2.36. The molecule has 0 aromatic rings. The molecular formula is C12H20ClNO2. The number of hydrogen-bond acceptors (Lipinski definition) is 2. The molecule has 2 aliphatic rings. The average molecular weight is 246 g/mol. The van der Waals surface area contributed by atoms with Gasteiger partial charge < -0.3 is 10.0 Å². The first-order chi connectivity index (χ1) is 7.65. The van der Waals surface area contributed by atoms with E-state index < -0.39 is 5.97 Å². The topological polar surface area (TPSA) is 40.5 Å². The molecule has 1 N–H and O–H groups in total. The van der Waals surface area contributed by atoms with Gasteiger partial charge in [0.2, 0.25) is 0 Å². The minimum atomic E-state index is -0.606. The van der Waals surface area contributed by atoms with E-state index in [1.807, 2.05) is 0 Å². The number of hydrogen-bond donors (Lipinski definition) is 1. The number of halogens is 1. The number of alkyl halides is 1. The zero-order valence-corrected chi connectivity index (χ0v) is 10.4. The average Bonchev–Trinajstić information content (AvgIpc) is 2.63. The van der Waals surface area contributed by atoms with Crippen LogP contribution in [-0.4, -0.2) is 41.5 Å². The van der Waals surface area contributed by atoms with Crippen LogP contribution in [0.5, 0.6) is 0 Å². The first kappa shape index (κ1) is 12.2. The molecule has 0 radical (unpaired) electrons. The molecule has 1 saturated carbocycles. The van der Waals surface area contributed by atoms with E-state index in [0.717, 1.165) is 45.3 Å². The van der Waals surface area contributed by atoms with Gasteiger partial charge in [-0.15, -0.1) is 11.6 Å². The Labute approximate surface area is 102 Å². The van der Waals surface area contributed by atoms with Gasteiger partial charge >= 0.3 is 5.97 Å². The minimum absolute atomic E-state index is 0.0901. The van der Waals surface area contributed by atoms with Crippen molar-refractivity contribution in [2.45, 2.75) is 32.1 Å². The molecule has 1 heterocycles. The Morgan fingerprint density at radius 2 is 2.06 bits per heavy atom. The van der Waals surface area contributed by atoms with Crippen molar-refractivity contribution in [1.29, 1.82) is 0 Å². The highest BCUT2D eigenvalue weighted by Crippen LogP contribution is 2.45. The van der Waals surface area contributed by atoms with E-state index in [9.17, 15) is 4.79 Å². The van der Waals surface area contributed by atoms with E-state index in [1.165, 1.54) is 6.42 Å². The molecule has 16 heavy (non-hydrogen) atoms. The molecule has 0 aromatic carbocycles. The summed E-state index contributed by atoms with van der Waals surface area (Å²) >= 11 is 5.75. The molecule has 0 amide bonds. The molecule has 2 fully saturated rings. The van der Waals surface area contributed by atoms with Crippen LogP contribution < -0.4 is 0 Å². The SMILES string of the molecule is O=C(O)C1CCC2(CC1)CCN(CCCl)C2. The number of rotatable bonds is 3. The van der Waals surface area contributed by atoms with E-state index in [0.29, 0.717) is 11.3 Å². The number of carbonyl (C=O) groups is 1. The predicted octanol–water partition coefficient (Wildman–Crippen LogP) is 2.19. The summed E-state index contributed by atoms with van der Waals surface area (Å²) in [7, 11) is 0. The molecular weight excluding hydrogens is 226 g/mol. The summed E-state index contributed by atoms with van der Waals surface area (Å²) in [5.41, 5.74) is 0.415. The van der Waals surface area contributed by atoms with Crippen LogP contribution in [0.15, 0.2) is 0 Å². The first-order valence-corrected chi connectivity index (χ1v) is 6.70. The Balaban J connectivity index is 1.86. The quantitative estimate of drug-likeness (QED) is 0.775. The van der Waals surface area contributed by atoms with Crippen molar-refractivity contribution in [1.82, 2.24) is 4.90 Å². The van der Waals surface area contributed by atoms with Crippen molar-refractivity contribution in [3.63, 3.8) is 0 Å². The van der Waals surface area contributed by atoms with Gasteiger partial charge in [0.25, 0.3) is 0 Å². The summed E-state index contributed by atoms with van der Waals surface area (Å²) in [5.74, 6) is 0.00607. The van der Waals surface area contributed by atoms with Crippen molar-refractivity contribution in [3.8, 4) is 0 Å². The van der Waals surface area contributed by atoms with Gasteiger partial charge in [0.05, 0.1) is 5.92 Å². The van der Waals surface area contributed by atoms with Crippen LogP contribution in [-0.2, 0) is 4.79 Å². The molecule has 1 aliphatic carbocycles. The summed E-state index contributed by atoms with van der Waals surface area (Å²) in [6.45, 7) is 3.25. The third-order valence-electron chi connectivity index (χ3n) is 4.31. The Morgan fingerprint density at radius 3 is 2.62 bits per heavy atom. The summed E-state index contributed by atoms with van der Waals surface area (Å²) in [5, 5.41) is 8.98. The zero-order chi connectivity index (χ0) is 11.6. The summed E-state index contributed by atoms with van der Waals surface area (Å²) in [6.07, 6.45) is 5.13. The van der Waals surface area contributed by atoms with E-state index in [1.54, 1.807) is 0 Å². The smallest absolute Gasteiger partial charge is 0.306 e. The predicted molar refractivity (Wildman–Crippen MR) is 63.8 cm³/mol. The largest absolute Gasteiger partial charge is 0.481 e. The number of nitrogens with zero attached hydrogens (tertiary/aromatic N) is 1. The van der Waals surface area contributed by atoms with Crippen molar-refractivity contribution in [2.24, 2.45) is 11.3 Å². The van der Waals surface area contributed by atoms with Crippen molar-refractivity contribution in [2.75, 3.05) is 25.5 Å². The Kier molecular flexibility index (Phi) is 3.75. The molecule has 0 atom stereocenters. The highest BCUT2D eigenvalue weighted by Gasteiger charge is 2.41. The van der Waals surface area contributed by atoms with Crippen molar-refractivity contribution >= 4 is 17.6 Å². The lowest BCUT2D eigenvalue weighted by atomic mass is 9.70. The summed E-state index contributed by atoms with van der Waals surface area (Å²) in [4.78, 5) is 13.3. The maximum absolute atomic E-state index is 10.9. The zero-order valence-electron chi connectivity index (χ0n) is 9.62. The van der Waals surface area contributed by atoms with Gasteiger partial charge in [0.1, 0.15) is 0 Å². The molecule has 3 nitrogen and oxygen atoms in total. The monoisotopic (exact) mass is 245 g/mol. The molecule has 4 heteroatoms. The van der Waals surface area contributed by atoms with Gasteiger partial charge in [-0.1, -0.05) is 0 Å². The standard InChI is InChI=1S/C12H20ClNO2/c13-6-8-14-7-5-12(9-14)3-1-10(2-4-12)11(15)16/h10H,1-9H2,(H,15,16). The highest BCUT2D eigenvalue weighted by molar-refractivity contribution is 6.18. The maximum atomic E-state index is 10.9. The number of carboxylic acid groups (broad SMARTS) is 1. The highest BCUT2D eigenvalue weighted by atomic mass is 35.5. The van der Waals surface area contributed by atoms with E-state index >= 15 is 0 Å². The summed E-state index contributed by atoms with van der Waals surface area (Å²) in [6, 6.07) is 0. The van der Waals surface area contributed by atoms with E-state index in [2.05, 4.69) is 4.90 Å². The van der Waals surface area contributed by atoms with Gasteiger partial charge in [-0.05, 0) is 44.1 Å². The van der Waals surface area contributed by atoms with Crippen LogP contribution in [0.25, 0.3) is 0 Å². The third kappa shape index (κ3) is 2.51. The second-order valence-corrected chi connectivity index (χ2v) is 5.71. The lowest BCUT2D eigenvalue weighted by Crippen LogP contribution is -2.33. The molecule has 1 saturated heterocycles. The molecule has 2 rings (SSSR count). The number of likely N-dealkylation sites (tertiary alicyclic amines) is 1. The third-order valence-corrected chi connectivity index (χ3v) is 4.48. The molecule has 0 unspecified atom stereocenters. The van der Waals surface area contributed by atoms with Gasteiger partial charge in [0, 0.05) is 19.0 Å². The van der Waals surface area contributed by atoms with Gasteiger partial charge in [0.15, 0.2) is 0 Å². The maximum Gasteiger partial charge on any atom is 0.306 e. The molecule has 1 aliphatic heterocycles. The van der Waals surface area contributed by atoms with Crippen LogP contribution in [0.4, 0.5) is 0 Å². The van der Waals surface area contributed by atoms with Crippen LogP contribution in [0.2, 0.25) is 0 Å². The van der Waals surface area contributed by atoms with Crippen LogP contribution in [0.1, 0.15) is 32.1 Å². The molecule has 1 spiro atoms. The van der Waals surface area contributed by atoms with Crippen LogP contribution in [0, 0.1) is 11.3 Å². The van der Waals surface area contributed by atoms with Crippen molar-refractivity contribution in [3.05, 3.63) is 0 Å². The van der Waals surface area contributed by atoms with Gasteiger partial charge in [-0.25, -0.2) is 0 Å². The van der Waals surface area contributed by atoms with E-state index in [-0.39, 0.29) is 5.92 Å². The fourth-order valence-corrected chi connectivity index (χ4v) is 3.46. The lowest BCUT2D eigenvalue weighted by molar-refractivity contribution is -0.143. The number of carboxylic acids is 1. The normalized spacial score (nSPS) is 35.7. The van der Waals surface area contributed by atoms with E-state index in [4.69, 9.17) is 16.7 Å². The fraction of sp³-hybridized carbons (Fsp3) is 0.917. The van der Waals surface area contributed by atoms with Crippen LogP contribution in [0.3, 0.4) is 0 Å². The second kappa shape index (κ2) is 4.92.